The molecule has 3 aromatic rings. The minimum atomic E-state index is -0.274. The van der Waals surface area contributed by atoms with Crippen LogP contribution in [0.4, 0.5) is 15.9 Å². The molecule has 30 heavy (non-hydrogen) atoms. The molecule has 2 aromatic heterocycles. The van der Waals surface area contributed by atoms with Gasteiger partial charge in [0.2, 0.25) is 0 Å². The predicted octanol–water partition coefficient (Wildman–Crippen LogP) is 3.87. The third kappa shape index (κ3) is 4.41. The number of aromatic nitrogens is 3. The summed E-state index contributed by atoms with van der Waals surface area (Å²) in [5.41, 5.74) is 4.14. The van der Waals surface area contributed by atoms with Crippen molar-refractivity contribution in [3.05, 3.63) is 65.4 Å². The number of hydrogen-bond donors (Lipinski definition) is 2. The molecular formula is C23H26FN5O. The van der Waals surface area contributed by atoms with Crippen molar-refractivity contribution in [3.8, 4) is 11.4 Å². The van der Waals surface area contributed by atoms with Gasteiger partial charge in [-0.1, -0.05) is 6.07 Å². The van der Waals surface area contributed by atoms with E-state index in [-0.39, 0.29) is 11.9 Å². The van der Waals surface area contributed by atoms with E-state index in [9.17, 15) is 9.50 Å². The molecule has 0 unspecified atom stereocenters. The number of rotatable bonds is 5. The van der Waals surface area contributed by atoms with Crippen LogP contribution >= 0.6 is 0 Å². The number of piperidine rings is 1. The molecular weight excluding hydrogens is 381 g/mol. The van der Waals surface area contributed by atoms with E-state index >= 15 is 0 Å². The summed E-state index contributed by atoms with van der Waals surface area (Å²) in [4.78, 5) is 15.4. The van der Waals surface area contributed by atoms with Gasteiger partial charge in [-0.25, -0.2) is 14.4 Å². The molecule has 6 nitrogen and oxygen atoms in total. The number of aliphatic hydroxyl groups excluding tert-OH is 1. The molecule has 7 heteroatoms. The summed E-state index contributed by atoms with van der Waals surface area (Å²) in [5.74, 6) is 1.11. The van der Waals surface area contributed by atoms with Crippen LogP contribution in [0.1, 0.15) is 29.7 Å². The second kappa shape index (κ2) is 8.75. The number of nitrogens with zero attached hydrogens (tertiary/aromatic N) is 4. The van der Waals surface area contributed by atoms with Crippen LogP contribution < -0.4 is 10.2 Å². The molecule has 1 fully saturated rings. The van der Waals surface area contributed by atoms with Crippen molar-refractivity contribution in [3.63, 3.8) is 0 Å². The number of aliphatic hydroxyl groups is 1. The highest BCUT2D eigenvalue weighted by Crippen LogP contribution is 2.25. The first-order chi connectivity index (χ1) is 14.5. The van der Waals surface area contributed by atoms with Crippen LogP contribution in [0.25, 0.3) is 11.4 Å². The maximum absolute atomic E-state index is 14.7. The third-order valence-electron chi connectivity index (χ3n) is 5.59. The van der Waals surface area contributed by atoms with E-state index in [4.69, 9.17) is 0 Å². The van der Waals surface area contributed by atoms with E-state index in [0.717, 1.165) is 28.2 Å². The van der Waals surface area contributed by atoms with Crippen LogP contribution in [-0.2, 0) is 6.54 Å². The van der Waals surface area contributed by atoms with Gasteiger partial charge in [-0.2, -0.15) is 0 Å². The molecule has 0 aliphatic carbocycles. The largest absolute Gasteiger partial charge is 0.393 e. The zero-order chi connectivity index (χ0) is 21.1. The van der Waals surface area contributed by atoms with Crippen LogP contribution in [0.5, 0.6) is 0 Å². The van der Waals surface area contributed by atoms with Crippen LogP contribution in [0, 0.1) is 19.7 Å². The Hall–Kier alpha value is -3.06. The number of pyridine rings is 1. The SMILES string of the molecule is Cc1nc(-c2cccnc2)nc(NCc2ccc(N3CCC(O)CC3)c(F)c2)c1C. The van der Waals surface area contributed by atoms with Gasteiger partial charge in [0.25, 0.3) is 0 Å². The van der Waals surface area contributed by atoms with Crippen molar-refractivity contribution in [1.29, 1.82) is 0 Å². The molecule has 0 amide bonds. The topological polar surface area (TPSA) is 74.2 Å². The Balaban J connectivity index is 1.49. The summed E-state index contributed by atoms with van der Waals surface area (Å²) < 4.78 is 14.7. The van der Waals surface area contributed by atoms with Crippen LogP contribution in [0.3, 0.4) is 0 Å². The zero-order valence-electron chi connectivity index (χ0n) is 17.3. The number of aryl methyl sites for hydroxylation is 1. The molecule has 0 radical (unpaired) electrons. The van der Waals surface area contributed by atoms with Gasteiger partial charge in [0.05, 0.1) is 11.8 Å². The van der Waals surface area contributed by atoms with Crippen molar-refractivity contribution >= 4 is 11.5 Å². The summed E-state index contributed by atoms with van der Waals surface area (Å²) in [5, 5.41) is 13.0. The van der Waals surface area contributed by atoms with Crippen LogP contribution in [0.2, 0.25) is 0 Å². The minimum absolute atomic E-state index is 0.239. The lowest BCUT2D eigenvalue weighted by molar-refractivity contribution is 0.145. The van der Waals surface area contributed by atoms with Crippen molar-refractivity contribution in [2.75, 3.05) is 23.3 Å². The molecule has 3 heterocycles. The fraction of sp³-hybridized carbons (Fsp3) is 0.348. The Morgan fingerprint density at radius 3 is 2.67 bits per heavy atom. The van der Waals surface area contributed by atoms with Crippen LogP contribution in [0.15, 0.2) is 42.7 Å². The molecule has 0 atom stereocenters. The van der Waals surface area contributed by atoms with Gasteiger partial charge in [0.15, 0.2) is 5.82 Å². The van der Waals surface area contributed by atoms with E-state index in [2.05, 4.69) is 20.3 Å². The smallest absolute Gasteiger partial charge is 0.163 e. The number of hydrogen-bond acceptors (Lipinski definition) is 6. The monoisotopic (exact) mass is 407 g/mol. The van der Waals surface area contributed by atoms with Crippen molar-refractivity contribution in [1.82, 2.24) is 15.0 Å². The fourth-order valence-electron chi connectivity index (χ4n) is 3.63. The van der Waals surface area contributed by atoms with E-state index in [0.29, 0.717) is 44.0 Å². The molecule has 1 saturated heterocycles. The van der Waals surface area contributed by atoms with Gasteiger partial charge in [-0.15, -0.1) is 0 Å². The second-order valence-electron chi connectivity index (χ2n) is 7.71. The van der Waals surface area contributed by atoms with E-state index in [1.807, 2.05) is 43.0 Å². The highest BCUT2D eigenvalue weighted by molar-refractivity contribution is 5.59. The van der Waals surface area contributed by atoms with E-state index in [1.54, 1.807) is 18.5 Å². The molecule has 4 rings (SSSR count). The molecule has 156 valence electrons. The van der Waals surface area contributed by atoms with E-state index in [1.165, 1.54) is 0 Å². The zero-order valence-corrected chi connectivity index (χ0v) is 17.3. The van der Waals surface area contributed by atoms with Crippen LogP contribution in [-0.4, -0.2) is 39.3 Å². The number of anilines is 2. The number of halogens is 1. The highest BCUT2D eigenvalue weighted by Gasteiger charge is 2.19. The van der Waals surface area contributed by atoms with E-state index < -0.39 is 0 Å². The Bertz CT molecular complexity index is 1020. The highest BCUT2D eigenvalue weighted by atomic mass is 19.1. The number of benzene rings is 1. The Kier molecular flexibility index (Phi) is 5.90. The molecule has 1 aromatic carbocycles. The molecule has 0 bridgehead atoms. The lowest BCUT2D eigenvalue weighted by atomic mass is 10.1. The fourth-order valence-corrected chi connectivity index (χ4v) is 3.63. The van der Waals surface area contributed by atoms with Gasteiger partial charge in [0, 0.05) is 48.8 Å². The van der Waals surface area contributed by atoms with Gasteiger partial charge in [-0.3, -0.25) is 4.98 Å². The Labute approximate surface area is 175 Å². The molecule has 1 aliphatic rings. The van der Waals surface area contributed by atoms with Gasteiger partial charge < -0.3 is 15.3 Å². The maximum Gasteiger partial charge on any atom is 0.163 e. The summed E-state index contributed by atoms with van der Waals surface area (Å²) >= 11 is 0. The standard InChI is InChI=1S/C23H26FN5O/c1-15-16(2)27-23(18-4-3-9-25-14-18)28-22(15)26-13-17-5-6-21(20(24)12-17)29-10-7-19(30)8-11-29/h3-6,9,12,14,19,30H,7-8,10-11,13H2,1-2H3,(H,26,27,28). The predicted molar refractivity (Wildman–Crippen MR) is 116 cm³/mol. The normalized spacial score (nSPS) is 14.7. The first-order valence-corrected chi connectivity index (χ1v) is 10.2. The number of nitrogens with one attached hydrogen (secondary N) is 1. The molecule has 1 aliphatic heterocycles. The van der Waals surface area contributed by atoms with Gasteiger partial charge in [-0.05, 0) is 56.5 Å². The molecule has 2 N–H and O–H groups in total. The first-order valence-electron chi connectivity index (χ1n) is 10.2. The average molecular weight is 407 g/mol. The summed E-state index contributed by atoms with van der Waals surface area (Å²) in [7, 11) is 0. The van der Waals surface area contributed by atoms with Gasteiger partial charge in [0.1, 0.15) is 11.6 Å². The Morgan fingerprint density at radius 1 is 1.17 bits per heavy atom. The van der Waals surface area contributed by atoms with Crippen molar-refractivity contribution < 1.29 is 9.50 Å². The van der Waals surface area contributed by atoms with Gasteiger partial charge >= 0.3 is 0 Å². The summed E-state index contributed by atoms with van der Waals surface area (Å²) in [6.45, 7) is 5.73. The average Bonchev–Trinajstić information content (AvgIpc) is 2.76. The molecule has 0 spiro atoms. The summed E-state index contributed by atoms with van der Waals surface area (Å²) in [6, 6.07) is 9.10. The Morgan fingerprint density at radius 2 is 1.97 bits per heavy atom. The minimum Gasteiger partial charge on any atom is -0.393 e. The second-order valence-corrected chi connectivity index (χ2v) is 7.71. The lowest BCUT2D eigenvalue weighted by Gasteiger charge is -2.31. The first kappa shape index (κ1) is 20.2. The summed E-state index contributed by atoms with van der Waals surface area (Å²) in [6.07, 6.45) is 4.53. The van der Waals surface area contributed by atoms with Crippen molar-refractivity contribution in [2.24, 2.45) is 0 Å². The third-order valence-corrected chi connectivity index (χ3v) is 5.59. The lowest BCUT2D eigenvalue weighted by Crippen LogP contribution is -2.36. The maximum atomic E-state index is 14.7. The molecule has 0 saturated carbocycles. The van der Waals surface area contributed by atoms with Crippen molar-refractivity contribution in [2.45, 2.75) is 39.3 Å². The quantitative estimate of drug-likeness (QED) is 0.669.